The van der Waals surface area contributed by atoms with Crippen molar-refractivity contribution in [3.63, 3.8) is 0 Å². The van der Waals surface area contributed by atoms with Gasteiger partial charge in [-0.15, -0.1) is 0 Å². The van der Waals surface area contributed by atoms with Gasteiger partial charge in [-0.1, -0.05) is 35.8 Å². The van der Waals surface area contributed by atoms with Gasteiger partial charge in [0.1, 0.15) is 12.3 Å². The fourth-order valence-electron chi connectivity index (χ4n) is 7.89. The molecule has 8 heteroatoms. The minimum absolute atomic E-state index is 0.0125. The number of allylic oxidation sites excluding steroid dienone is 4. The average molecular weight is 428 g/mol. The predicted molar refractivity (Wildman–Crippen MR) is 111 cm³/mol. The van der Waals surface area contributed by atoms with E-state index in [9.17, 15) is 19.8 Å². The van der Waals surface area contributed by atoms with Gasteiger partial charge in [0.15, 0.2) is 5.78 Å². The molecule has 0 bridgehead atoms. The molecule has 166 valence electrons. The van der Waals surface area contributed by atoms with Crippen molar-refractivity contribution in [3.05, 3.63) is 23.8 Å². The molecule has 0 saturated heterocycles. The van der Waals surface area contributed by atoms with E-state index in [-0.39, 0.29) is 23.5 Å². The maximum atomic E-state index is 13.1. The van der Waals surface area contributed by atoms with E-state index in [4.69, 9.17) is 10.0 Å². The summed E-state index contributed by atoms with van der Waals surface area (Å²) in [5.41, 5.74) is -1.08. The summed E-state index contributed by atoms with van der Waals surface area (Å²) in [7, 11) is 0. The van der Waals surface area contributed by atoms with Crippen LogP contribution in [0.15, 0.2) is 34.1 Å². The monoisotopic (exact) mass is 428 g/mol. The van der Waals surface area contributed by atoms with Crippen LogP contribution < -0.4 is 0 Å². The summed E-state index contributed by atoms with van der Waals surface area (Å²) in [4.78, 5) is 30.9. The van der Waals surface area contributed by atoms with Crippen LogP contribution in [-0.2, 0) is 14.4 Å². The molecule has 4 aliphatic carbocycles. The van der Waals surface area contributed by atoms with E-state index in [1.807, 2.05) is 13.0 Å². The third kappa shape index (κ3) is 2.37. The van der Waals surface area contributed by atoms with Crippen molar-refractivity contribution in [2.45, 2.75) is 51.2 Å². The fraction of sp³-hybridized carbons (Fsp3) is 0.652. The second-order valence-electron chi connectivity index (χ2n) is 10.2. The van der Waals surface area contributed by atoms with Crippen molar-refractivity contribution in [3.8, 4) is 0 Å². The van der Waals surface area contributed by atoms with Gasteiger partial charge in [-0.3, -0.25) is 9.59 Å². The zero-order valence-corrected chi connectivity index (χ0v) is 17.7. The molecule has 0 aromatic carbocycles. The lowest BCUT2D eigenvalue weighted by Crippen LogP contribution is -2.63. The molecule has 0 spiro atoms. The molecule has 31 heavy (non-hydrogen) atoms. The lowest BCUT2D eigenvalue weighted by Gasteiger charge is -2.59. The lowest BCUT2D eigenvalue weighted by molar-refractivity contribution is -0.192. The van der Waals surface area contributed by atoms with Crippen molar-refractivity contribution in [1.82, 2.24) is 0 Å². The van der Waals surface area contributed by atoms with Gasteiger partial charge in [0, 0.05) is 16.7 Å². The summed E-state index contributed by atoms with van der Waals surface area (Å²) in [6.45, 7) is 3.38. The van der Waals surface area contributed by atoms with Crippen LogP contribution in [0, 0.1) is 34.5 Å². The Balaban J connectivity index is 1.60. The molecular weight excluding hydrogens is 400 g/mol. The molecule has 8 nitrogen and oxygen atoms in total. The van der Waals surface area contributed by atoms with Gasteiger partial charge in [0.25, 0.3) is 0 Å². The zero-order chi connectivity index (χ0) is 22.2. The van der Waals surface area contributed by atoms with E-state index in [0.29, 0.717) is 18.6 Å². The molecule has 1 heterocycles. The van der Waals surface area contributed by atoms with Gasteiger partial charge in [-0.2, -0.15) is 0 Å². The number of Topliss-reactive ketones (excluding diaryl/α,β-unsaturated/α-hetero) is 1. The molecule has 1 aliphatic heterocycles. The van der Waals surface area contributed by atoms with Crippen LogP contribution in [0.3, 0.4) is 0 Å². The van der Waals surface area contributed by atoms with Gasteiger partial charge in [-0.25, -0.2) is 0 Å². The van der Waals surface area contributed by atoms with Crippen molar-refractivity contribution >= 4 is 23.5 Å². The summed E-state index contributed by atoms with van der Waals surface area (Å²) < 4.78 is 0. The third-order valence-electron chi connectivity index (χ3n) is 9.11. The SMILES string of the molecule is C[C@]12C=CC(=O)C=C1CC[C@@H]1[C@@H]2[C@@H](O)C[C@@]2(C)[C@H]1C[C@H]1C(/C=N\O)=NO[C@]12C(=O)CO. The molecule has 3 N–H and O–H groups in total. The van der Waals surface area contributed by atoms with E-state index in [0.717, 1.165) is 18.4 Å². The first-order chi connectivity index (χ1) is 14.7. The molecule has 5 rings (SSSR count). The van der Waals surface area contributed by atoms with Gasteiger partial charge in [0.2, 0.25) is 11.4 Å². The normalized spacial score (nSPS) is 47.7. The topological polar surface area (TPSA) is 129 Å². The number of aliphatic hydroxyl groups is 2. The molecular formula is C23H28N2O6. The average Bonchev–Trinajstić information content (AvgIpc) is 3.22. The predicted octanol–water partition coefficient (Wildman–Crippen LogP) is 1.64. The smallest absolute Gasteiger partial charge is 0.211 e. The van der Waals surface area contributed by atoms with Crippen LogP contribution in [0.5, 0.6) is 0 Å². The van der Waals surface area contributed by atoms with Crippen LogP contribution in [-0.4, -0.2) is 57.2 Å². The van der Waals surface area contributed by atoms with Crippen molar-refractivity contribution in [1.29, 1.82) is 0 Å². The van der Waals surface area contributed by atoms with Crippen LogP contribution in [0.25, 0.3) is 0 Å². The summed E-state index contributed by atoms with van der Waals surface area (Å²) >= 11 is 0. The highest BCUT2D eigenvalue weighted by molar-refractivity contribution is 6.33. The number of ketones is 2. The number of rotatable bonds is 3. The summed E-state index contributed by atoms with van der Waals surface area (Å²) in [5, 5.41) is 37.5. The third-order valence-corrected chi connectivity index (χ3v) is 9.11. The molecule has 0 aromatic rings. The molecule has 3 saturated carbocycles. The van der Waals surface area contributed by atoms with Crippen LogP contribution in [0.1, 0.15) is 39.5 Å². The van der Waals surface area contributed by atoms with Crippen molar-refractivity contribution < 1.29 is 29.8 Å². The molecule has 3 fully saturated rings. The molecule has 0 unspecified atom stereocenters. The number of nitrogens with zero attached hydrogens (tertiary/aromatic N) is 2. The van der Waals surface area contributed by atoms with Crippen LogP contribution in [0.2, 0.25) is 0 Å². The fourth-order valence-corrected chi connectivity index (χ4v) is 7.89. The molecule has 5 aliphatic rings. The quantitative estimate of drug-likeness (QED) is 0.356. The Morgan fingerprint density at radius 3 is 2.90 bits per heavy atom. The maximum absolute atomic E-state index is 13.1. The van der Waals surface area contributed by atoms with E-state index >= 15 is 0 Å². The first-order valence-electron chi connectivity index (χ1n) is 10.9. The maximum Gasteiger partial charge on any atom is 0.211 e. The Labute approximate surface area is 180 Å². The Kier molecular flexibility index (Phi) is 4.37. The Bertz CT molecular complexity index is 969. The Morgan fingerprint density at radius 2 is 2.19 bits per heavy atom. The number of carbonyl (C=O) groups excluding carboxylic acids is 2. The van der Waals surface area contributed by atoms with Gasteiger partial charge in [0.05, 0.1) is 18.2 Å². The molecule has 0 amide bonds. The second-order valence-corrected chi connectivity index (χ2v) is 10.2. The van der Waals surface area contributed by atoms with Gasteiger partial charge < -0.3 is 20.3 Å². The number of aliphatic hydroxyl groups excluding tert-OH is 2. The van der Waals surface area contributed by atoms with E-state index in [1.54, 1.807) is 12.2 Å². The standard InChI is InChI=1S/C23H28N2O6/c1-21-6-5-13(27)7-12(21)3-4-14-15-8-16-17(10-24-30)25-31-23(16,19(29)11-26)22(15,2)9-18(28)20(14)21/h5-7,10,14-16,18,20,26,28,30H,3-4,8-9,11H2,1-2H3/b24-10-/t14-,15-,16-,18-,20+,21-,22-,23-/m0/s1. The highest BCUT2D eigenvalue weighted by Gasteiger charge is 2.76. The van der Waals surface area contributed by atoms with Gasteiger partial charge >= 0.3 is 0 Å². The highest BCUT2D eigenvalue weighted by atomic mass is 16.7. The number of hydrogen-bond acceptors (Lipinski definition) is 8. The Morgan fingerprint density at radius 1 is 1.42 bits per heavy atom. The Hall–Kier alpha value is -2.32. The molecule has 0 radical (unpaired) electrons. The second kappa shape index (κ2) is 6.59. The van der Waals surface area contributed by atoms with Crippen LogP contribution >= 0.6 is 0 Å². The minimum Gasteiger partial charge on any atom is -0.411 e. The van der Waals surface area contributed by atoms with E-state index in [2.05, 4.69) is 17.2 Å². The number of hydrogen-bond donors (Lipinski definition) is 3. The van der Waals surface area contributed by atoms with Crippen LogP contribution in [0.4, 0.5) is 0 Å². The van der Waals surface area contributed by atoms with E-state index < -0.39 is 40.8 Å². The first-order valence-corrected chi connectivity index (χ1v) is 10.9. The first kappa shape index (κ1) is 20.6. The lowest BCUT2D eigenvalue weighted by atomic mass is 9.46. The van der Waals surface area contributed by atoms with E-state index in [1.165, 1.54) is 6.21 Å². The van der Waals surface area contributed by atoms with Gasteiger partial charge in [-0.05, 0) is 49.7 Å². The summed E-state index contributed by atoms with van der Waals surface area (Å²) in [6.07, 6.45) is 8.23. The molecule has 0 aromatic heterocycles. The molecule has 8 atom stereocenters. The summed E-state index contributed by atoms with van der Waals surface area (Å²) in [6, 6.07) is 0. The largest absolute Gasteiger partial charge is 0.411 e. The number of carbonyl (C=O) groups is 2. The van der Waals surface area contributed by atoms with Crippen molar-refractivity contribution in [2.24, 2.45) is 44.8 Å². The zero-order valence-electron chi connectivity index (χ0n) is 17.7. The summed E-state index contributed by atoms with van der Waals surface area (Å²) in [5.74, 6) is -0.841. The van der Waals surface area contributed by atoms with Crippen molar-refractivity contribution in [2.75, 3.05) is 6.61 Å². The number of fused-ring (bicyclic) bond motifs is 7. The minimum atomic E-state index is -1.38. The highest BCUT2D eigenvalue weighted by Crippen LogP contribution is 2.70. The number of oxime groups is 2.